The fraction of sp³-hybridized carbons (Fsp3) is 0.100. The molecule has 0 spiro atoms. The van der Waals surface area contributed by atoms with E-state index in [1.807, 2.05) is 5.38 Å². The number of rotatable bonds is 2. The molecule has 0 saturated carbocycles. The predicted octanol–water partition coefficient (Wildman–Crippen LogP) is 2.96. The van der Waals surface area contributed by atoms with E-state index in [2.05, 4.69) is 4.98 Å². The van der Waals surface area contributed by atoms with Crippen LogP contribution in [0.3, 0.4) is 0 Å². The lowest BCUT2D eigenvalue weighted by molar-refractivity contribution is 0.414. The highest BCUT2D eigenvalue weighted by molar-refractivity contribution is 7.13. The van der Waals surface area contributed by atoms with Gasteiger partial charge in [0.05, 0.1) is 7.11 Å². The zero-order valence-electron chi connectivity index (χ0n) is 7.53. The Hall–Kier alpha value is -1.42. The van der Waals surface area contributed by atoms with Crippen molar-refractivity contribution in [1.82, 2.24) is 4.98 Å². The van der Waals surface area contributed by atoms with Crippen LogP contribution in [-0.4, -0.2) is 12.1 Å². The molecule has 4 heteroatoms. The van der Waals surface area contributed by atoms with Gasteiger partial charge in [0.2, 0.25) is 0 Å². The van der Waals surface area contributed by atoms with Crippen LogP contribution in [0, 0.1) is 5.82 Å². The zero-order valence-corrected chi connectivity index (χ0v) is 8.34. The molecule has 1 aromatic carbocycles. The number of methoxy groups -OCH3 is 1. The van der Waals surface area contributed by atoms with E-state index in [0.717, 1.165) is 0 Å². The lowest BCUT2D eigenvalue weighted by Gasteiger charge is -2.02. The van der Waals surface area contributed by atoms with E-state index in [9.17, 15) is 4.39 Å². The Bertz CT molecular complexity index is 428. The fourth-order valence-corrected chi connectivity index (χ4v) is 1.81. The average Bonchev–Trinajstić information content (AvgIpc) is 2.71. The Kier molecular flexibility index (Phi) is 2.45. The lowest BCUT2D eigenvalue weighted by Crippen LogP contribution is -1.87. The molecule has 0 bridgehead atoms. The van der Waals surface area contributed by atoms with Crippen LogP contribution in [0.4, 0.5) is 4.39 Å². The smallest absolute Gasteiger partial charge is 0.133 e. The van der Waals surface area contributed by atoms with Crippen molar-refractivity contribution in [3.63, 3.8) is 0 Å². The highest BCUT2D eigenvalue weighted by Gasteiger charge is 2.08. The Labute approximate surface area is 85.0 Å². The minimum Gasteiger partial charge on any atom is -0.497 e. The number of aromatic nitrogens is 1. The molecule has 0 saturated heterocycles. The van der Waals surface area contributed by atoms with Crippen molar-refractivity contribution < 1.29 is 9.13 Å². The first kappa shape index (κ1) is 9.15. The second-order valence-corrected chi connectivity index (χ2v) is 3.58. The van der Waals surface area contributed by atoms with Gasteiger partial charge in [0.1, 0.15) is 16.6 Å². The summed E-state index contributed by atoms with van der Waals surface area (Å²) in [5, 5.41) is 2.48. The standard InChI is InChI=1S/C10H8FNOS/c1-13-7-2-3-9(11)8(6-7)10-12-4-5-14-10/h2-6H,1H3. The van der Waals surface area contributed by atoms with Crippen LogP contribution in [0.25, 0.3) is 10.6 Å². The molecule has 0 aliphatic carbocycles. The van der Waals surface area contributed by atoms with Crippen LogP contribution in [0.1, 0.15) is 0 Å². The lowest BCUT2D eigenvalue weighted by atomic mass is 10.2. The summed E-state index contributed by atoms with van der Waals surface area (Å²) >= 11 is 1.40. The number of thiazole rings is 1. The number of nitrogens with zero attached hydrogens (tertiary/aromatic N) is 1. The molecule has 2 rings (SSSR count). The number of halogens is 1. The molecule has 0 N–H and O–H groups in total. The van der Waals surface area contributed by atoms with Gasteiger partial charge in [-0.05, 0) is 18.2 Å². The van der Waals surface area contributed by atoms with Crippen molar-refractivity contribution in [2.75, 3.05) is 7.11 Å². The number of hydrogen-bond donors (Lipinski definition) is 0. The Morgan fingerprint density at radius 2 is 2.29 bits per heavy atom. The van der Waals surface area contributed by atoms with E-state index in [-0.39, 0.29) is 5.82 Å². The topological polar surface area (TPSA) is 22.1 Å². The molecular formula is C10H8FNOS. The Morgan fingerprint density at radius 3 is 2.93 bits per heavy atom. The fourth-order valence-electron chi connectivity index (χ4n) is 1.15. The van der Waals surface area contributed by atoms with Gasteiger partial charge in [0.25, 0.3) is 0 Å². The largest absolute Gasteiger partial charge is 0.497 e. The highest BCUT2D eigenvalue weighted by atomic mass is 32.1. The molecule has 72 valence electrons. The van der Waals surface area contributed by atoms with Gasteiger partial charge >= 0.3 is 0 Å². The van der Waals surface area contributed by atoms with Gasteiger partial charge in [-0.3, -0.25) is 0 Å². The summed E-state index contributed by atoms with van der Waals surface area (Å²) in [6.45, 7) is 0. The van der Waals surface area contributed by atoms with E-state index in [4.69, 9.17) is 4.74 Å². The summed E-state index contributed by atoms with van der Waals surface area (Å²) in [7, 11) is 1.55. The first-order chi connectivity index (χ1) is 6.81. The second-order valence-electron chi connectivity index (χ2n) is 2.68. The van der Waals surface area contributed by atoms with Gasteiger partial charge in [-0.1, -0.05) is 0 Å². The van der Waals surface area contributed by atoms with Gasteiger partial charge in [-0.25, -0.2) is 9.37 Å². The second kappa shape index (κ2) is 3.75. The summed E-state index contributed by atoms with van der Waals surface area (Å²) in [5.74, 6) is 0.359. The summed E-state index contributed by atoms with van der Waals surface area (Å²) in [6, 6.07) is 4.62. The van der Waals surface area contributed by atoms with Crippen LogP contribution in [0.5, 0.6) is 5.75 Å². The summed E-state index contributed by atoms with van der Waals surface area (Å²) in [5.41, 5.74) is 0.486. The first-order valence-electron chi connectivity index (χ1n) is 4.04. The van der Waals surface area contributed by atoms with Crippen LogP contribution in [0.15, 0.2) is 29.8 Å². The Morgan fingerprint density at radius 1 is 1.43 bits per heavy atom. The first-order valence-corrected chi connectivity index (χ1v) is 4.92. The minimum absolute atomic E-state index is 0.277. The van der Waals surface area contributed by atoms with Crippen LogP contribution < -0.4 is 4.74 Å². The van der Waals surface area contributed by atoms with E-state index in [1.165, 1.54) is 17.4 Å². The summed E-state index contributed by atoms with van der Waals surface area (Å²) in [4.78, 5) is 4.05. The third-order valence-corrected chi connectivity index (χ3v) is 2.64. The van der Waals surface area contributed by atoms with E-state index in [0.29, 0.717) is 16.3 Å². The molecule has 2 nitrogen and oxygen atoms in total. The van der Waals surface area contributed by atoms with E-state index >= 15 is 0 Å². The SMILES string of the molecule is COc1ccc(F)c(-c2nccs2)c1. The van der Waals surface area contributed by atoms with E-state index in [1.54, 1.807) is 25.4 Å². The van der Waals surface area contributed by atoms with E-state index < -0.39 is 0 Å². The average molecular weight is 209 g/mol. The third-order valence-electron chi connectivity index (χ3n) is 1.84. The van der Waals surface area contributed by atoms with Crippen LogP contribution in [0.2, 0.25) is 0 Å². The van der Waals surface area contributed by atoms with Crippen molar-refractivity contribution in [3.8, 4) is 16.3 Å². The zero-order chi connectivity index (χ0) is 9.97. The van der Waals surface area contributed by atoms with Gasteiger partial charge in [0, 0.05) is 17.1 Å². The maximum Gasteiger partial charge on any atom is 0.133 e. The molecule has 0 radical (unpaired) electrons. The van der Waals surface area contributed by atoms with Crippen molar-refractivity contribution >= 4 is 11.3 Å². The summed E-state index contributed by atoms with van der Waals surface area (Å²) < 4.78 is 18.4. The molecule has 1 heterocycles. The quantitative estimate of drug-likeness (QED) is 0.758. The highest BCUT2D eigenvalue weighted by Crippen LogP contribution is 2.28. The summed E-state index contributed by atoms with van der Waals surface area (Å²) in [6.07, 6.45) is 1.65. The molecule has 14 heavy (non-hydrogen) atoms. The van der Waals surface area contributed by atoms with Crippen molar-refractivity contribution in [3.05, 3.63) is 35.6 Å². The monoisotopic (exact) mass is 209 g/mol. The van der Waals surface area contributed by atoms with Crippen molar-refractivity contribution in [1.29, 1.82) is 0 Å². The van der Waals surface area contributed by atoms with Crippen LogP contribution in [-0.2, 0) is 0 Å². The molecular weight excluding hydrogens is 201 g/mol. The Balaban J connectivity index is 2.51. The van der Waals surface area contributed by atoms with Gasteiger partial charge in [-0.2, -0.15) is 0 Å². The normalized spacial score (nSPS) is 10.1. The molecule has 2 aromatic rings. The molecule has 0 amide bonds. The van der Waals surface area contributed by atoms with Crippen LogP contribution >= 0.6 is 11.3 Å². The third kappa shape index (κ3) is 1.61. The molecule has 0 fully saturated rings. The number of hydrogen-bond acceptors (Lipinski definition) is 3. The molecule has 0 atom stereocenters. The molecule has 1 aromatic heterocycles. The van der Waals surface area contributed by atoms with Gasteiger partial charge in [0.15, 0.2) is 0 Å². The van der Waals surface area contributed by atoms with Gasteiger partial charge < -0.3 is 4.74 Å². The number of ether oxygens (including phenoxy) is 1. The predicted molar refractivity (Wildman–Crippen MR) is 54.1 cm³/mol. The van der Waals surface area contributed by atoms with Crippen molar-refractivity contribution in [2.24, 2.45) is 0 Å². The maximum atomic E-state index is 13.4. The molecule has 0 aliphatic heterocycles. The van der Waals surface area contributed by atoms with Crippen molar-refractivity contribution in [2.45, 2.75) is 0 Å². The molecule has 0 unspecified atom stereocenters. The number of benzene rings is 1. The maximum absolute atomic E-state index is 13.4. The van der Waals surface area contributed by atoms with Gasteiger partial charge in [-0.15, -0.1) is 11.3 Å². The minimum atomic E-state index is -0.277. The molecule has 0 aliphatic rings.